The van der Waals surface area contributed by atoms with Gasteiger partial charge in [0.05, 0.1) is 22.2 Å². The molecule has 1 aliphatic carbocycles. The molecule has 2 aromatic heterocycles. The first-order valence-corrected chi connectivity index (χ1v) is 13.3. The summed E-state index contributed by atoms with van der Waals surface area (Å²) in [5.41, 5.74) is 5.25. The van der Waals surface area contributed by atoms with Crippen molar-refractivity contribution in [2.45, 2.75) is 45.1 Å². The number of nitrogens with one attached hydrogen (secondary N) is 1. The molecule has 1 N–H and O–H groups in total. The summed E-state index contributed by atoms with van der Waals surface area (Å²) >= 11 is 5.80. The lowest BCUT2D eigenvalue weighted by Gasteiger charge is -2.20. The van der Waals surface area contributed by atoms with Crippen molar-refractivity contribution >= 4 is 34.6 Å². The van der Waals surface area contributed by atoms with Crippen LogP contribution < -0.4 is 5.32 Å². The molecule has 192 valence electrons. The lowest BCUT2D eigenvalue weighted by molar-refractivity contribution is 0.242. The Morgan fingerprint density at radius 3 is 2.89 bits per heavy atom. The van der Waals surface area contributed by atoms with Gasteiger partial charge in [-0.15, -0.1) is 0 Å². The van der Waals surface area contributed by atoms with Crippen LogP contribution in [-0.4, -0.2) is 15.6 Å². The summed E-state index contributed by atoms with van der Waals surface area (Å²) in [6.45, 7) is 0.373. The zero-order valence-corrected chi connectivity index (χ0v) is 21.7. The summed E-state index contributed by atoms with van der Waals surface area (Å²) < 4.78 is 15.5. The number of hydrogen-bond donors (Lipinski definition) is 1. The maximum atomic E-state index is 13.8. The second-order valence-corrected chi connectivity index (χ2v) is 10.1. The van der Waals surface area contributed by atoms with Crippen LogP contribution in [0.15, 0.2) is 67.0 Å². The molecule has 0 bridgehead atoms. The monoisotopic (exact) mass is 526 g/mol. The number of allylic oxidation sites excluding steroid dienone is 1. The van der Waals surface area contributed by atoms with E-state index in [1.165, 1.54) is 11.6 Å². The fourth-order valence-corrected chi connectivity index (χ4v) is 5.43. The van der Waals surface area contributed by atoms with Gasteiger partial charge in [0.15, 0.2) is 0 Å². The first-order valence-electron chi connectivity index (χ1n) is 12.9. The normalized spacial score (nSPS) is 15.6. The quantitative estimate of drug-likeness (QED) is 0.293. The molecule has 7 heteroatoms. The van der Waals surface area contributed by atoms with E-state index in [9.17, 15) is 14.4 Å². The standard InChI is InChI=1S/C31H28ClFN4O/c32-27-13-10-22(16-28(27)33)6-1-4-21-5-2-8-25-26-12-9-23(18-34)17-30(26)37(29(25)14-11-21)31(38)36-20-24-7-3-15-35-19-24/h1,3,6-7,9-10,12-13,15-17,19,21H,2,4-5,8,11,14,20H2,(H,36,38)/b6-1+. The van der Waals surface area contributed by atoms with Crippen molar-refractivity contribution in [3.05, 3.63) is 106 Å². The Hall–Kier alpha value is -3.95. The maximum Gasteiger partial charge on any atom is 0.326 e. The highest BCUT2D eigenvalue weighted by Gasteiger charge is 2.24. The minimum absolute atomic E-state index is 0.125. The summed E-state index contributed by atoms with van der Waals surface area (Å²) in [6.07, 6.45) is 13.0. The molecular formula is C31H28ClFN4O. The molecule has 5 nitrogen and oxygen atoms in total. The third-order valence-electron chi connectivity index (χ3n) is 7.23. The van der Waals surface area contributed by atoms with E-state index in [4.69, 9.17) is 11.6 Å². The average molecular weight is 527 g/mol. The summed E-state index contributed by atoms with van der Waals surface area (Å²) in [6, 6.07) is 16.2. The molecule has 0 spiro atoms. The van der Waals surface area contributed by atoms with Crippen molar-refractivity contribution in [3.63, 3.8) is 0 Å². The van der Waals surface area contributed by atoms with Crippen LogP contribution in [0.25, 0.3) is 17.0 Å². The van der Waals surface area contributed by atoms with E-state index < -0.39 is 5.82 Å². The van der Waals surface area contributed by atoms with Crippen LogP contribution >= 0.6 is 11.6 Å². The minimum Gasteiger partial charge on any atom is -0.333 e. The van der Waals surface area contributed by atoms with E-state index in [1.807, 2.05) is 42.5 Å². The zero-order valence-electron chi connectivity index (χ0n) is 21.0. The summed E-state index contributed by atoms with van der Waals surface area (Å²) in [7, 11) is 0. The first kappa shape index (κ1) is 25.7. The number of nitriles is 1. The third kappa shape index (κ3) is 5.64. The summed E-state index contributed by atoms with van der Waals surface area (Å²) in [5.74, 6) is 0.0395. The average Bonchev–Trinajstić information content (AvgIpc) is 3.22. The molecule has 1 aliphatic rings. The fourth-order valence-electron chi connectivity index (χ4n) is 5.31. The molecule has 1 unspecified atom stereocenters. The molecule has 0 saturated carbocycles. The summed E-state index contributed by atoms with van der Waals surface area (Å²) in [5, 5.41) is 13.7. The number of amides is 1. The molecule has 1 amide bonds. The molecule has 1 atom stereocenters. The number of hydrogen-bond acceptors (Lipinski definition) is 3. The Morgan fingerprint density at radius 2 is 2.11 bits per heavy atom. The Balaban J connectivity index is 1.38. The maximum absolute atomic E-state index is 13.8. The minimum atomic E-state index is -0.415. The smallest absolute Gasteiger partial charge is 0.326 e. The Bertz CT molecular complexity index is 1540. The highest BCUT2D eigenvalue weighted by Crippen LogP contribution is 2.34. The van der Waals surface area contributed by atoms with Crippen molar-refractivity contribution < 1.29 is 9.18 Å². The zero-order chi connectivity index (χ0) is 26.5. The van der Waals surface area contributed by atoms with Gasteiger partial charge >= 0.3 is 6.03 Å². The number of halogens is 2. The summed E-state index contributed by atoms with van der Waals surface area (Å²) in [4.78, 5) is 17.6. The first-order chi connectivity index (χ1) is 18.5. The van der Waals surface area contributed by atoms with Crippen molar-refractivity contribution in [1.82, 2.24) is 14.9 Å². The lowest BCUT2D eigenvalue weighted by atomic mass is 9.87. The Labute approximate surface area is 226 Å². The second kappa shape index (κ2) is 11.6. The molecule has 38 heavy (non-hydrogen) atoms. The van der Waals surface area contributed by atoms with Gasteiger partial charge in [-0.2, -0.15) is 5.26 Å². The van der Waals surface area contributed by atoms with Crippen molar-refractivity contribution in [2.24, 2.45) is 5.92 Å². The molecule has 2 heterocycles. The third-order valence-corrected chi connectivity index (χ3v) is 7.54. The second-order valence-electron chi connectivity index (χ2n) is 9.73. The van der Waals surface area contributed by atoms with Gasteiger partial charge in [0, 0.05) is 30.0 Å². The molecule has 2 aromatic carbocycles. The van der Waals surface area contributed by atoms with Crippen molar-refractivity contribution in [3.8, 4) is 6.07 Å². The van der Waals surface area contributed by atoms with Gasteiger partial charge in [-0.3, -0.25) is 9.55 Å². The number of aryl methyl sites for hydroxylation is 1. The number of pyridine rings is 1. The lowest BCUT2D eigenvalue weighted by Crippen LogP contribution is -2.29. The van der Waals surface area contributed by atoms with E-state index in [0.29, 0.717) is 18.0 Å². The predicted octanol–water partition coefficient (Wildman–Crippen LogP) is 7.45. The van der Waals surface area contributed by atoms with E-state index >= 15 is 0 Å². The van der Waals surface area contributed by atoms with Crippen LogP contribution in [0.5, 0.6) is 0 Å². The number of benzene rings is 2. The number of nitrogens with zero attached hydrogens (tertiary/aromatic N) is 3. The predicted molar refractivity (Wildman–Crippen MR) is 148 cm³/mol. The van der Waals surface area contributed by atoms with Gasteiger partial charge < -0.3 is 5.32 Å². The van der Waals surface area contributed by atoms with Gasteiger partial charge in [-0.05, 0) is 91.5 Å². The van der Waals surface area contributed by atoms with Crippen LogP contribution in [0, 0.1) is 23.1 Å². The van der Waals surface area contributed by atoms with Gasteiger partial charge in [0.1, 0.15) is 5.82 Å². The van der Waals surface area contributed by atoms with Crippen molar-refractivity contribution in [1.29, 1.82) is 5.26 Å². The molecule has 0 fully saturated rings. The van der Waals surface area contributed by atoms with Crippen LogP contribution in [0.4, 0.5) is 9.18 Å². The van der Waals surface area contributed by atoms with E-state index in [2.05, 4.69) is 22.4 Å². The topological polar surface area (TPSA) is 70.7 Å². The van der Waals surface area contributed by atoms with Crippen LogP contribution in [0.2, 0.25) is 5.02 Å². The number of aromatic nitrogens is 2. The number of carbonyl (C=O) groups is 1. The molecule has 4 aromatic rings. The van der Waals surface area contributed by atoms with Gasteiger partial charge in [-0.1, -0.05) is 42.0 Å². The van der Waals surface area contributed by atoms with Gasteiger partial charge in [0.2, 0.25) is 0 Å². The Kier molecular flexibility index (Phi) is 7.86. The SMILES string of the molecule is N#Cc1ccc2c3c(n(C(=O)NCc4cccnc4)c2c1)CCC(C/C=C/c1ccc(Cl)c(F)c1)CCC3. The highest BCUT2D eigenvalue weighted by atomic mass is 35.5. The van der Waals surface area contributed by atoms with Crippen LogP contribution in [0.1, 0.15) is 53.6 Å². The molecule has 0 radical (unpaired) electrons. The fraction of sp³-hybridized carbons (Fsp3) is 0.258. The number of fused-ring (bicyclic) bond motifs is 3. The highest BCUT2D eigenvalue weighted by molar-refractivity contribution is 6.30. The van der Waals surface area contributed by atoms with Crippen LogP contribution in [0.3, 0.4) is 0 Å². The molecule has 0 aliphatic heterocycles. The van der Waals surface area contributed by atoms with Crippen molar-refractivity contribution in [2.75, 3.05) is 0 Å². The number of carbonyl (C=O) groups excluding carboxylic acids is 1. The molecular weight excluding hydrogens is 499 g/mol. The largest absolute Gasteiger partial charge is 0.333 e. The Morgan fingerprint density at radius 1 is 1.21 bits per heavy atom. The van der Waals surface area contributed by atoms with Gasteiger partial charge in [0.25, 0.3) is 0 Å². The van der Waals surface area contributed by atoms with Crippen LogP contribution in [-0.2, 0) is 19.4 Å². The van der Waals surface area contributed by atoms with E-state index in [-0.39, 0.29) is 11.1 Å². The van der Waals surface area contributed by atoms with E-state index in [1.54, 1.807) is 23.0 Å². The molecule has 5 rings (SSSR count). The van der Waals surface area contributed by atoms with Gasteiger partial charge in [-0.25, -0.2) is 9.18 Å². The van der Waals surface area contributed by atoms with E-state index in [0.717, 1.165) is 66.2 Å². The number of rotatable bonds is 5. The molecule has 0 saturated heterocycles.